The number of anilines is 3. The first-order chi connectivity index (χ1) is 16.2. The average molecular weight is 467 g/mol. The van der Waals surface area contributed by atoms with Crippen LogP contribution in [-0.2, 0) is 12.8 Å². The molecule has 4 heterocycles. The van der Waals surface area contributed by atoms with E-state index in [0.29, 0.717) is 17.5 Å². The molecule has 2 aliphatic rings. The van der Waals surface area contributed by atoms with Crippen LogP contribution in [0.25, 0.3) is 11.5 Å². The van der Waals surface area contributed by atoms with Crippen molar-refractivity contribution >= 4 is 27.4 Å². The van der Waals surface area contributed by atoms with Gasteiger partial charge in [0.05, 0.1) is 6.54 Å². The molecule has 2 N–H and O–H groups in total. The smallest absolute Gasteiger partial charge is 0.209 e. The van der Waals surface area contributed by atoms with Gasteiger partial charge in [-0.2, -0.15) is 0 Å². The Hall–Kier alpha value is -2.85. The van der Waals surface area contributed by atoms with Crippen LogP contribution in [0.4, 0.5) is 16.1 Å². The Kier molecular flexibility index (Phi) is 6.63. The fourth-order valence-corrected chi connectivity index (χ4v) is 5.38. The van der Waals surface area contributed by atoms with Crippen molar-refractivity contribution in [2.75, 3.05) is 41.8 Å². The largest absolute Gasteiger partial charge is 0.372 e. The fraction of sp³-hybridized carbons (Fsp3) is 0.522. The predicted molar refractivity (Wildman–Crippen MR) is 131 cm³/mol. The van der Waals surface area contributed by atoms with Gasteiger partial charge < -0.3 is 20.2 Å². The van der Waals surface area contributed by atoms with Gasteiger partial charge in [0.15, 0.2) is 5.82 Å². The van der Waals surface area contributed by atoms with Crippen LogP contribution >= 0.6 is 11.3 Å². The molecule has 10 heteroatoms. The number of fused-ring (bicyclic) bond motifs is 1. The van der Waals surface area contributed by atoms with Crippen LogP contribution in [0.2, 0.25) is 0 Å². The summed E-state index contributed by atoms with van der Waals surface area (Å²) in [5.41, 5.74) is 3.01. The molecule has 0 aromatic carbocycles. The third kappa shape index (κ3) is 5.06. The normalized spacial score (nSPS) is 16.8. The van der Waals surface area contributed by atoms with E-state index in [9.17, 15) is 5.11 Å². The number of pyridine rings is 1. The van der Waals surface area contributed by atoms with Gasteiger partial charge in [-0.1, -0.05) is 30.2 Å². The monoisotopic (exact) mass is 466 g/mol. The van der Waals surface area contributed by atoms with Crippen LogP contribution in [0.5, 0.6) is 0 Å². The quantitative estimate of drug-likeness (QED) is 0.508. The zero-order chi connectivity index (χ0) is 22.6. The second kappa shape index (κ2) is 9.96. The summed E-state index contributed by atoms with van der Waals surface area (Å²) in [5.74, 6) is 1.49. The molecule has 5 rings (SSSR count). The minimum Gasteiger partial charge on any atom is -0.372 e. The molecule has 1 aliphatic heterocycles. The standard InChI is InChI=1S/C23H30N8OS/c1-30(15-19(32)26-22-28-29-23(33-22)31-13-6-2-3-7-14-31)21-16-9-8-11-17(16)25-20(27-21)18-10-4-5-12-24-18/h4-5,10,12,19,32H,2-3,6-9,11,13-15H2,1H3,(H,26,28). The molecule has 3 aromatic rings. The summed E-state index contributed by atoms with van der Waals surface area (Å²) < 4.78 is 0. The Morgan fingerprint density at radius 1 is 1.09 bits per heavy atom. The van der Waals surface area contributed by atoms with Gasteiger partial charge >= 0.3 is 0 Å². The highest BCUT2D eigenvalue weighted by Crippen LogP contribution is 2.31. The summed E-state index contributed by atoms with van der Waals surface area (Å²) in [6.45, 7) is 2.42. The molecule has 1 aliphatic carbocycles. The number of rotatable bonds is 7. The van der Waals surface area contributed by atoms with Crippen molar-refractivity contribution in [2.24, 2.45) is 0 Å². The van der Waals surface area contributed by atoms with Gasteiger partial charge in [0, 0.05) is 37.6 Å². The van der Waals surface area contributed by atoms with Gasteiger partial charge in [-0.25, -0.2) is 9.97 Å². The molecular weight excluding hydrogens is 436 g/mol. The molecular formula is C23H30N8OS. The second-order valence-electron chi connectivity index (χ2n) is 8.70. The Labute approximate surface area is 197 Å². The van der Waals surface area contributed by atoms with E-state index >= 15 is 0 Å². The number of aromatic nitrogens is 5. The lowest BCUT2D eigenvalue weighted by molar-refractivity contribution is 0.210. The number of aliphatic hydroxyl groups excluding tert-OH is 1. The van der Waals surface area contributed by atoms with Gasteiger partial charge in [-0.3, -0.25) is 4.98 Å². The van der Waals surface area contributed by atoms with Crippen LogP contribution < -0.4 is 15.1 Å². The van der Waals surface area contributed by atoms with Crippen LogP contribution in [0.1, 0.15) is 43.4 Å². The number of nitrogens with one attached hydrogen (secondary N) is 1. The van der Waals surface area contributed by atoms with Crippen LogP contribution in [-0.4, -0.2) is 63.2 Å². The third-order valence-corrected chi connectivity index (χ3v) is 7.11. The maximum absolute atomic E-state index is 10.8. The van der Waals surface area contributed by atoms with Crippen molar-refractivity contribution < 1.29 is 5.11 Å². The van der Waals surface area contributed by atoms with Crippen molar-refractivity contribution in [2.45, 2.75) is 51.2 Å². The summed E-state index contributed by atoms with van der Waals surface area (Å²) in [6, 6.07) is 5.75. The number of aryl methyl sites for hydroxylation is 1. The highest BCUT2D eigenvalue weighted by Gasteiger charge is 2.24. The first-order valence-electron chi connectivity index (χ1n) is 11.7. The molecule has 1 atom stereocenters. The number of nitrogens with zero attached hydrogens (tertiary/aromatic N) is 7. The van der Waals surface area contributed by atoms with E-state index < -0.39 is 6.23 Å². The number of hydrogen-bond donors (Lipinski definition) is 2. The maximum Gasteiger partial charge on any atom is 0.209 e. The molecule has 1 fully saturated rings. The predicted octanol–water partition coefficient (Wildman–Crippen LogP) is 3.13. The number of hydrogen-bond acceptors (Lipinski definition) is 10. The highest BCUT2D eigenvalue weighted by atomic mass is 32.1. The first-order valence-corrected chi connectivity index (χ1v) is 12.5. The molecule has 3 aromatic heterocycles. The summed E-state index contributed by atoms with van der Waals surface area (Å²) in [7, 11) is 1.96. The van der Waals surface area contributed by atoms with Gasteiger partial charge in [0.25, 0.3) is 0 Å². The van der Waals surface area contributed by atoms with Gasteiger partial charge in [0.2, 0.25) is 10.3 Å². The minimum atomic E-state index is -0.801. The zero-order valence-corrected chi connectivity index (χ0v) is 19.8. The van der Waals surface area contributed by atoms with Crippen LogP contribution in [0.15, 0.2) is 24.4 Å². The zero-order valence-electron chi connectivity index (χ0n) is 18.9. The number of aliphatic hydroxyl groups is 1. The molecule has 0 saturated carbocycles. The van der Waals surface area contributed by atoms with E-state index in [2.05, 4.69) is 25.4 Å². The van der Waals surface area contributed by atoms with E-state index in [1.807, 2.05) is 30.1 Å². The summed E-state index contributed by atoms with van der Waals surface area (Å²) in [6.07, 6.45) is 8.87. The lowest BCUT2D eigenvalue weighted by atomic mass is 10.2. The molecule has 0 amide bonds. The molecule has 174 valence electrons. The maximum atomic E-state index is 10.8. The Bertz CT molecular complexity index is 1070. The molecule has 0 bridgehead atoms. The highest BCUT2D eigenvalue weighted by molar-refractivity contribution is 7.19. The van der Waals surface area contributed by atoms with E-state index in [4.69, 9.17) is 9.97 Å². The van der Waals surface area contributed by atoms with E-state index in [1.165, 1.54) is 42.6 Å². The third-order valence-electron chi connectivity index (χ3n) is 6.19. The Morgan fingerprint density at radius 2 is 1.94 bits per heavy atom. The van der Waals surface area contributed by atoms with Crippen molar-refractivity contribution in [3.8, 4) is 11.5 Å². The second-order valence-corrected chi connectivity index (χ2v) is 9.65. The van der Waals surface area contributed by atoms with Gasteiger partial charge in [0.1, 0.15) is 17.7 Å². The fourth-order valence-electron chi connectivity index (χ4n) is 4.54. The summed E-state index contributed by atoms with van der Waals surface area (Å²) in [5, 5.41) is 24.0. The van der Waals surface area contributed by atoms with Gasteiger partial charge in [-0.05, 0) is 44.2 Å². The van der Waals surface area contributed by atoms with E-state index in [1.54, 1.807) is 6.20 Å². The summed E-state index contributed by atoms with van der Waals surface area (Å²) >= 11 is 1.50. The molecule has 9 nitrogen and oxygen atoms in total. The Morgan fingerprint density at radius 3 is 2.73 bits per heavy atom. The molecule has 1 unspecified atom stereocenters. The average Bonchev–Trinajstić information content (AvgIpc) is 3.41. The molecule has 0 spiro atoms. The molecule has 1 saturated heterocycles. The van der Waals surface area contributed by atoms with E-state index in [0.717, 1.165) is 54.7 Å². The lowest BCUT2D eigenvalue weighted by Gasteiger charge is -2.24. The number of likely N-dealkylation sites (N-methyl/N-ethyl adjacent to an activating group) is 1. The first kappa shape index (κ1) is 22.0. The van der Waals surface area contributed by atoms with Crippen LogP contribution in [0.3, 0.4) is 0 Å². The SMILES string of the molecule is CN(CC(O)Nc1nnc(N2CCCCCC2)s1)c1nc(-c2ccccn2)nc2c1CCC2. The Balaban J connectivity index is 1.28. The minimum absolute atomic E-state index is 0.365. The van der Waals surface area contributed by atoms with Gasteiger partial charge in [-0.15, -0.1) is 10.2 Å². The molecule has 0 radical (unpaired) electrons. The van der Waals surface area contributed by atoms with Crippen molar-refractivity contribution in [3.05, 3.63) is 35.7 Å². The van der Waals surface area contributed by atoms with Crippen molar-refractivity contribution in [1.29, 1.82) is 0 Å². The van der Waals surface area contributed by atoms with Crippen molar-refractivity contribution in [1.82, 2.24) is 25.1 Å². The summed E-state index contributed by atoms with van der Waals surface area (Å²) in [4.78, 5) is 18.3. The van der Waals surface area contributed by atoms with E-state index in [-0.39, 0.29) is 0 Å². The van der Waals surface area contributed by atoms with Crippen molar-refractivity contribution in [3.63, 3.8) is 0 Å². The molecule has 33 heavy (non-hydrogen) atoms. The lowest BCUT2D eigenvalue weighted by Crippen LogP contribution is -2.35. The van der Waals surface area contributed by atoms with Crippen LogP contribution in [0, 0.1) is 0 Å². The topological polar surface area (TPSA) is 103 Å².